The van der Waals surface area contributed by atoms with Gasteiger partial charge in [0.15, 0.2) is 0 Å². The molecule has 0 bridgehead atoms. The Morgan fingerprint density at radius 2 is 1.50 bits per heavy atom. The van der Waals surface area contributed by atoms with Crippen LogP contribution >= 0.6 is 54.5 Å². The SMILES string of the molecule is Brc1c(-c2ccccc2)sc(-c2cccs2)c1Br. The number of hydrogen-bond acceptors (Lipinski definition) is 2. The lowest BCUT2D eigenvalue weighted by Crippen LogP contribution is -1.71. The molecule has 0 saturated carbocycles. The van der Waals surface area contributed by atoms with Crippen LogP contribution in [0.1, 0.15) is 0 Å². The Balaban J connectivity index is 2.16. The molecule has 3 rings (SSSR count). The van der Waals surface area contributed by atoms with Crippen LogP contribution in [0.25, 0.3) is 20.2 Å². The number of benzene rings is 1. The quantitative estimate of drug-likeness (QED) is 0.451. The summed E-state index contributed by atoms with van der Waals surface area (Å²) in [6.45, 7) is 0. The van der Waals surface area contributed by atoms with Gasteiger partial charge in [-0.25, -0.2) is 0 Å². The third-order valence-electron chi connectivity index (χ3n) is 2.58. The summed E-state index contributed by atoms with van der Waals surface area (Å²) in [7, 11) is 0. The third-order valence-corrected chi connectivity index (χ3v) is 7.51. The molecule has 0 saturated heterocycles. The summed E-state index contributed by atoms with van der Waals surface area (Å²) in [5, 5.41) is 2.11. The third kappa shape index (κ3) is 2.23. The molecule has 0 spiro atoms. The topological polar surface area (TPSA) is 0 Å². The molecular weight excluding hydrogens is 392 g/mol. The minimum atomic E-state index is 1.14. The van der Waals surface area contributed by atoms with Gasteiger partial charge in [-0.3, -0.25) is 0 Å². The molecule has 0 aliphatic rings. The zero-order chi connectivity index (χ0) is 12.5. The van der Waals surface area contributed by atoms with Gasteiger partial charge in [-0.15, -0.1) is 22.7 Å². The van der Waals surface area contributed by atoms with Crippen LogP contribution in [0.4, 0.5) is 0 Å². The van der Waals surface area contributed by atoms with E-state index >= 15 is 0 Å². The van der Waals surface area contributed by atoms with E-state index in [1.807, 2.05) is 17.4 Å². The first-order chi connectivity index (χ1) is 8.77. The number of rotatable bonds is 2. The van der Waals surface area contributed by atoms with Crippen LogP contribution in [0.15, 0.2) is 56.8 Å². The summed E-state index contributed by atoms with van der Waals surface area (Å²) in [6.07, 6.45) is 0. The van der Waals surface area contributed by atoms with E-state index in [-0.39, 0.29) is 0 Å². The smallest absolute Gasteiger partial charge is 0.0603 e. The molecule has 2 heterocycles. The van der Waals surface area contributed by atoms with Crippen molar-refractivity contribution in [3.05, 3.63) is 56.8 Å². The monoisotopic (exact) mass is 398 g/mol. The average Bonchev–Trinajstić information content (AvgIpc) is 3.01. The van der Waals surface area contributed by atoms with E-state index in [0.717, 1.165) is 8.95 Å². The largest absolute Gasteiger partial charge is 0.143 e. The molecule has 3 aromatic rings. The number of halogens is 2. The van der Waals surface area contributed by atoms with Crippen molar-refractivity contribution in [3.63, 3.8) is 0 Å². The van der Waals surface area contributed by atoms with Crippen LogP contribution in [0.3, 0.4) is 0 Å². The van der Waals surface area contributed by atoms with Crippen molar-refractivity contribution in [3.8, 4) is 20.2 Å². The maximum Gasteiger partial charge on any atom is 0.0603 e. The minimum Gasteiger partial charge on any atom is -0.143 e. The Morgan fingerprint density at radius 3 is 2.17 bits per heavy atom. The van der Waals surface area contributed by atoms with Gasteiger partial charge in [-0.2, -0.15) is 0 Å². The first-order valence-electron chi connectivity index (χ1n) is 5.34. The molecule has 18 heavy (non-hydrogen) atoms. The van der Waals surface area contributed by atoms with Crippen LogP contribution in [-0.4, -0.2) is 0 Å². The molecule has 0 nitrogen and oxygen atoms in total. The molecule has 0 amide bonds. The maximum atomic E-state index is 3.69. The van der Waals surface area contributed by atoms with Crippen LogP contribution < -0.4 is 0 Å². The zero-order valence-corrected chi connectivity index (χ0v) is 14.0. The lowest BCUT2D eigenvalue weighted by Gasteiger charge is -1.97. The molecule has 2 aromatic heterocycles. The fraction of sp³-hybridized carbons (Fsp3) is 0. The summed E-state index contributed by atoms with van der Waals surface area (Å²) in [6, 6.07) is 14.7. The second kappa shape index (κ2) is 5.29. The molecule has 0 radical (unpaired) electrons. The first-order valence-corrected chi connectivity index (χ1v) is 8.62. The number of thiophene rings is 2. The summed E-state index contributed by atoms with van der Waals surface area (Å²) < 4.78 is 2.29. The molecule has 1 aromatic carbocycles. The standard InChI is InChI=1S/C14H8Br2S2/c15-11-12(16)14(10-7-4-8-17-10)18-13(11)9-5-2-1-3-6-9/h1-8H. The fourth-order valence-corrected chi connectivity index (χ4v) is 5.40. The highest BCUT2D eigenvalue weighted by atomic mass is 79.9. The van der Waals surface area contributed by atoms with Crippen LogP contribution in [-0.2, 0) is 0 Å². The van der Waals surface area contributed by atoms with Crippen molar-refractivity contribution in [1.29, 1.82) is 0 Å². The Hall–Kier alpha value is -0.420. The van der Waals surface area contributed by atoms with Gasteiger partial charge in [-0.05, 0) is 48.9 Å². The second-order valence-electron chi connectivity index (χ2n) is 3.73. The van der Waals surface area contributed by atoms with E-state index in [2.05, 4.69) is 73.6 Å². The van der Waals surface area contributed by atoms with Gasteiger partial charge in [0.25, 0.3) is 0 Å². The molecule has 0 fully saturated rings. The highest BCUT2D eigenvalue weighted by molar-refractivity contribution is 9.13. The lowest BCUT2D eigenvalue weighted by atomic mass is 10.2. The highest BCUT2D eigenvalue weighted by Crippen LogP contribution is 2.48. The van der Waals surface area contributed by atoms with Crippen molar-refractivity contribution in [2.75, 3.05) is 0 Å². The minimum absolute atomic E-state index is 1.14. The fourth-order valence-electron chi connectivity index (χ4n) is 1.73. The lowest BCUT2D eigenvalue weighted by molar-refractivity contribution is 1.67. The van der Waals surface area contributed by atoms with Crippen LogP contribution in [0, 0.1) is 0 Å². The highest BCUT2D eigenvalue weighted by Gasteiger charge is 2.17. The molecule has 0 atom stereocenters. The van der Waals surface area contributed by atoms with Crippen molar-refractivity contribution in [2.45, 2.75) is 0 Å². The summed E-state index contributed by atoms with van der Waals surface area (Å²) in [4.78, 5) is 3.86. The molecule has 0 N–H and O–H groups in total. The van der Waals surface area contributed by atoms with Gasteiger partial charge in [0.2, 0.25) is 0 Å². The van der Waals surface area contributed by atoms with Crippen LogP contribution in [0.2, 0.25) is 0 Å². The Kier molecular flexibility index (Phi) is 3.71. The number of hydrogen-bond donors (Lipinski definition) is 0. The van der Waals surface area contributed by atoms with Gasteiger partial charge in [-0.1, -0.05) is 36.4 Å². The van der Waals surface area contributed by atoms with E-state index in [9.17, 15) is 0 Å². The normalized spacial score (nSPS) is 10.8. The molecule has 0 aliphatic heterocycles. The van der Waals surface area contributed by atoms with Crippen molar-refractivity contribution in [1.82, 2.24) is 0 Å². The Labute approximate surface area is 131 Å². The van der Waals surface area contributed by atoms with Crippen molar-refractivity contribution in [2.24, 2.45) is 0 Å². The Morgan fingerprint density at radius 1 is 0.778 bits per heavy atom. The van der Waals surface area contributed by atoms with Gasteiger partial charge in [0, 0.05) is 4.88 Å². The van der Waals surface area contributed by atoms with E-state index in [0.29, 0.717) is 0 Å². The van der Waals surface area contributed by atoms with E-state index in [4.69, 9.17) is 0 Å². The van der Waals surface area contributed by atoms with Crippen molar-refractivity contribution >= 4 is 54.5 Å². The predicted molar refractivity (Wildman–Crippen MR) is 88.5 cm³/mol. The molecule has 0 unspecified atom stereocenters. The average molecular weight is 400 g/mol. The Bertz CT molecular complexity index is 655. The van der Waals surface area contributed by atoms with E-state index < -0.39 is 0 Å². The predicted octanol–water partition coefficient (Wildman–Crippen LogP) is 6.67. The van der Waals surface area contributed by atoms with Crippen LogP contribution in [0.5, 0.6) is 0 Å². The molecule has 90 valence electrons. The van der Waals surface area contributed by atoms with Gasteiger partial charge in [0.05, 0.1) is 18.7 Å². The van der Waals surface area contributed by atoms with E-state index in [1.165, 1.54) is 20.2 Å². The zero-order valence-electron chi connectivity index (χ0n) is 9.19. The van der Waals surface area contributed by atoms with Gasteiger partial charge >= 0.3 is 0 Å². The van der Waals surface area contributed by atoms with Gasteiger partial charge < -0.3 is 0 Å². The molecular formula is C14H8Br2S2. The second-order valence-corrected chi connectivity index (χ2v) is 7.29. The summed E-state index contributed by atoms with van der Waals surface area (Å²) >= 11 is 11.0. The molecule has 4 heteroatoms. The maximum absolute atomic E-state index is 3.69. The first kappa shape index (κ1) is 12.6. The van der Waals surface area contributed by atoms with Crippen molar-refractivity contribution < 1.29 is 0 Å². The summed E-state index contributed by atoms with van der Waals surface area (Å²) in [5.74, 6) is 0. The summed E-state index contributed by atoms with van der Waals surface area (Å²) in [5.41, 5.74) is 1.25. The molecule has 0 aliphatic carbocycles. The van der Waals surface area contributed by atoms with E-state index in [1.54, 1.807) is 11.3 Å². The van der Waals surface area contributed by atoms with Gasteiger partial charge in [0.1, 0.15) is 0 Å².